The molecule has 6 nitrogen and oxygen atoms in total. The van der Waals surface area contributed by atoms with Crippen molar-refractivity contribution in [3.63, 3.8) is 0 Å². The summed E-state index contributed by atoms with van der Waals surface area (Å²) in [5, 5.41) is 10.7. The van der Waals surface area contributed by atoms with Gasteiger partial charge in [0.1, 0.15) is 12.4 Å². The van der Waals surface area contributed by atoms with Crippen molar-refractivity contribution in [1.29, 1.82) is 0 Å². The van der Waals surface area contributed by atoms with E-state index in [2.05, 4.69) is 36.4 Å². The van der Waals surface area contributed by atoms with E-state index in [4.69, 9.17) is 0 Å². The van der Waals surface area contributed by atoms with Gasteiger partial charge >= 0.3 is 0 Å². The minimum absolute atomic E-state index is 0.137. The van der Waals surface area contributed by atoms with Gasteiger partial charge < -0.3 is 4.57 Å². The van der Waals surface area contributed by atoms with Crippen molar-refractivity contribution in [2.45, 2.75) is 25.3 Å². The molecule has 22 heavy (non-hydrogen) atoms. The van der Waals surface area contributed by atoms with Gasteiger partial charge in [0.2, 0.25) is 11.9 Å². The first-order chi connectivity index (χ1) is 10.7. The highest BCUT2D eigenvalue weighted by atomic mass is 79.9. The number of carbonyl (C=O) groups excluding carboxylic acids is 1. The fourth-order valence-electron chi connectivity index (χ4n) is 2.50. The van der Waals surface area contributed by atoms with E-state index in [9.17, 15) is 4.79 Å². The number of nitrogens with zero attached hydrogens (tertiary/aromatic N) is 3. The van der Waals surface area contributed by atoms with Crippen LogP contribution in [0.4, 0.5) is 5.95 Å². The average molecular weight is 360 g/mol. The summed E-state index contributed by atoms with van der Waals surface area (Å²) < 4.78 is 2.93. The minimum Gasteiger partial charge on any atom is -0.338 e. The molecule has 2 aromatic heterocycles. The van der Waals surface area contributed by atoms with Crippen LogP contribution in [-0.4, -0.2) is 25.7 Å². The van der Waals surface area contributed by atoms with Crippen LogP contribution in [0.1, 0.15) is 24.6 Å². The molecule has 2 heterocycles. The molecule has 0 saturated heterocycles. The number of halogens is 1. The van der Waals surface area contributed by atoms with Gasteiger partial charge in [-0.3, -0.25) is 15.2 Å². The Kier molecular flexibility index (Phi) is 3.22. The van der Waals surface area contributed by atoms with E-state index in [-0.39, 0.29) is 12.5 Å². The van der Waals surface area contributed by atoms with Crippen LogP contribution in [0.3, 0.4) is 0 Å². The molecule has 1 saturated carbocycles. The summed E-state index contributed by atoms with van der Waals surface area (Å²) in [6.07, 6.45) is 4.20. The van der Waals surface area contributed by atoms with E-state index in [0.29, 0.717) is 11.9 Å². The minimum atomic E-state index is -0.137. The summed E-state index contributed by atoms with van der Waals surface area (Å²) in [7, 11) is 0. The second kappa shape index (κ2) is 5.24. The molecular formula is C15H14BrN5O. The quantitative estimate of drug-likeness (QED) is 0.751. The molecule has 2 N–H and O–H groups in total. The Morgan fingerprint density at radius 1 is 1.41 bits per heavy atom. The SMILES string of the molecule is O=C(Cn1ccc2cc(Br)ccc21)Nc1n[nH]c(C2CC2)n1. The Morgan fingerprint density at radius 2 is 2.27 bits per heavy atom. The molecule has 3 aromatic rings. The molecule has 1 aromatic carbocycles. The molecule has 1 aliphatic rings. The fourth-order valence-corrected chi connectivity index (χ4v) is 2.88. The van der Waals surface area contributed by atoms with Crippen LogP contribution in [0.2, 0.25) is 0 Å². The number of aromatic amines is 1. The third kappa shape index (κ3) is 2.64. The third-order valence-corrected chi connectivity index (χ3v) is 4.26. The van der Waals surface area contributed by atoms with E-state index in [1.807, 2.05) is 35.0 Å². The lowest BCUT2D eigenvalue weighted by molar-refractivity contribution is -0.116. The Morgan fingerprint density at radius 3 is 3.09 bits per heavy atom. The lowest BCUT2D eigenvalue weighted by Gasteiger charge is -2.05. The molecule has 0 bridgehead atoms. The van der Waals surface area contributed by atoms with Gasteiger partial charge in [-0.05, 0) is 37.1 Å². The summed E-state index contributed by atoms with van der Waals surface area (Å²) >= 11 is 3.45. The van der Waals surface area contributed by atoms with E-state index >= 15 is 0 Å². The van der Waals surface area contributed by atoms with Gasteiger partial charge in [-0.25, -0.2) is 0 Å². The molecular weight excluding hydrogens is 346 g/mol. The van der Waals surface area contributed by atoms with Crippen LogP contribution < -0.4 is 5.32 Å². The summed E-state index contributed by atoms with van der Waals surface area (Å²) in [5.74, 6) is 1.57. The zero-order valence-electron chi connectivity index (χ0n) is 11.7. The van der Waals surface area contributed by atoms with E-state index in [0.717, 1.165) is 34.0 Å². The Hall–Kier alpha value is -2.15. The summed E-state index contributed by atoms with van der Waals surface area (Å²) in [5.41, 5.74) is 1.02. The number of hydrogen-bond donors (Lipinski definition) is 2. The third-order valence-electron chi connectivity index (χ3n) is 3.76. The predicted octanol–water partition coefficient (Wildman–Crippen LogP) is 3.04. The second-order valence-corrected chi connectivity index (χ2v) is 6.43. The number of aromatic nitrogens is 4. The van der Waals surface area contributed by atoms with Crippen molar-refractivity contribution in [3.8, 4) is 0 Å². The lowest BCUT2D eigenvalue weighted by Crippen LogP contribution is -2.19. The molecule has 0 aliphatic heterocycles. The molecule has 0 unspecified atom stereocenters. The second-order valence-electron chi connectivity index (χ2n) is 5.51. The van der Waals surface area contributed by atoms with Crippen LogP contribution in [0.5, 0.6) is 0 Å². The van der Waals surface area contributed by atoms with E-state index in [1.165, 1.54) is 0 Å². The van der Waals surface area contributed by atoms with Gasteiger partial charge in [0.15, 0.2) is 0 Å². The summed E-state index contributed by atoms with van der Waals surface area (Å²) in [6, 6.07) is 7.98. The number of fused-ring (bicyclic) bond motifs is 1. The maximum absolute atomic E-state index is 12.2. The molecule has 1 aliphatic carbocycles. The average Bonchev–Trinajstić information content (AvgIpc) is 3.13. The van der Waals surface area contributed by atoms with Gasteiger partial charge in [0.25, 0.3) is 0 Å². The molecule has 0 spiro atoms. The highest BCUT2D eigenvalue weighted by molar-refractivity contribution is 9.10. The van der Waals surface area contributed by atoms with E-state index in [1.54, 1.807) is 0 Å². The molecule has 1 fully saturated rings. The smallest absolute Gasteiger partial charge is 0.248 e. The van der Waals surface area contributed by atoms with Crippen molar-refractivity contribution in [3.05, 3.63) is 40.8 Å². The number of carbonyl (C=O) groups is 1. The van der Waals surface area contributed by atoms with Gasteiger partial charge in [0.05, 0.1) is 0 Å². The molecule has 4 rings (SSSR count). The predicted molar refractivity (Wildman–Crippen MR) is 86.6 cm³/mol. The van der Waals surface area contributed by atoms with E-state index < -0.39 is 0 Å². The standard InChI is InChI=1S/C15H14BrN5O/c16-11-3-4-12-10(7-11)5-6-21(12)8-13(22)17-15-18-14(19-20-15)9-1-2-9/h3-7,9H,1-2,8H2,(H2,17,18,19,20,22). The topological polar surface area (TPSA) is 75.6 Å². The maximum Gasteiger partial charge on any atom is 0.248 e. The number of nitrogens with one attached hydrogen (secondary N) is 2. The van der Waals surface area contributed by atoms with Crippen LogP contribution in [0, 0.1) is 0 Å². The zero-order chi connectivity index (χ0) is 15.1. The first-order valence-corrected chi connectivity index (χ1v) is 7.95. The van der Waals surface area contributed by atoms with Gasteiger partial charge in [-0.2, -0.15) is 4.98 Å². The first-order valence-electron chi connectivity index (χ1n) is 7.15. The molecule has 112 valence electrons. The Bertz CT molecular complexity index is 849. The number of benzene rings is 1. The summed E-state index contributed by atoms with van der Waals surface area (Å²) in [4.78, 5) is 16.5. The van der Waals surface area contributed by atoms with Gasteiger partial charge in [-0.1, -0.05) is 15.9 Å². The molecule has 1 amide bonds. The van der Waals surface area contributed by atoms with Gasteiger partial charge in [-0.15, -0.1) is 5.10 Å². The Balaban J connectivity index is 1.48. The zero-order valence-corrected chi connectivity index (χ0v) is 13.3. The molecule has 0 radical (unpaired) electrons. The molecule has 7 heteroatoms. The van der Waals surface area contributed by atoms with Crippen molar-refractivity contribution in [2.24, 2.45) is 0 Å². The highest BCUT2D eigenvalue weighted by Gasteiger charge is 2.27. The van der Waals surface area contributed by atoms with Crippen LogP contribution >= 0.6 is 15.9 Å². The number of amides is 1. The van der Waals surface area contributed by atoms with Gasteiger partial charge in [0, 0.05) is 27.5 Å². The normalized spacial score (nSPS) is 14.4. The fraction of sp³-hybridized carbons (Fsp3) is 0.267. The van der Waals surface area contributed by atoms with Crippen molar-refractivity contribution < 1.29 is 4.79 Å². The van der Waals surface area contributed by atoms with Crippen LogP contribution in [0.15, 0.2) is 34.9 Å². The Labute approximate surface area is 135 Å². The maximum atomic E-state index is 12.2. The van der Waals surface area contributed by atoms with Crippen LogP contribution in [-0.2, 0) is 11.3 Å². The molecule has 0 atom stereocenters. The first kappa shape index (κ1) is 13.5. The number of rotatable bonds is 4. The van der Waals surface area contributed by atoms with Crippen LogP contribution in [0.25, 0.3) is 10.9 Å². The largest absolute Gasteiger partial charge is 0.338 e. The van der Waals surface area contributed by atoms with Crippen molar-refractivity contribution in [2.75, 3.05) is 5.32 Å². The highest BCUT2D eigenvalue weighted by Crippen LogP contribution is 2.38. The van der Waals surface area contributed by atoms with Crippen molar-refractivity contribution >= 4 is 38.7 Å². The van der Waals surface area contributed by atoms with Crippen molar-refractivity contribution in [1.82, 2.24) is 19.7 Å². The lowest BCUT2D eigenvalue weighted by atomic mass is 10.2. The summed E-state index contributed by atoms with van der Waals surface area (Å²) in [6.45, 7) is 0.235. The monoisotopic (exact) mass is 359 g/mol. The number of H-pyrrole nitrogens is 1. The number of hydrogen-bond acceptors (Lipinski definition) is 3. The number of anilines is 1.